The summed E-state index contributed by atoms with van der Waals surface area (Å²) in [6.07, 6.45) is 1.63. The molecule has 0 saturated heterocycles. The zero-order valence-electron chi connectivity index (χ0n) is 12.7. The summed E-state index contributed by atoms with van der Waals surface area (Å²) in [6.45, 7) is 9.52. The molecule has 0 aliphatic heterocycles. The van der Waals surface area contributed by atoms with E-state index in [9.17, 15) is 4.79 Å². The van der Waals surface area contributed by atoms with Crippen LogP contribution in [0, 0.1) is 3.57 Å². The van der Waals surface area contributed by atoms with Crippen molar-refractivity contribution in [2.45, 2.75) is 46.3 Å². The minimum Gasteiger partial charge on any atom is -0.444 e. The predicted molar refractivity (Wildman–Crippen MR) is 91.6 cm³/mol. The van der Waals surface area contributed by atoms with Crippen molar-refractivity contribution in [2.24, 2.45) is 0 Å². The van der Waals surface area contributed by atoms with Gasteiger partial charge in [-0.25, -0.2) is 4.79 Å². The summed E-state index contributed by atoms with van der Waals surface area (Å²) < 4.78 is 6.44. The largest absolute Gasteiger partial charge is 0.444 e. The molecule has 3 nitrogen and oxygen atoms in total. The lowest BCUT2D eigenvalue weighted by Crippen LogP contribution is -2.36. The SMILES string of the molecule is C/C(=C\[C@H](C)NC(=O)OC(C)(C)C)c1ccc(I)cc1. The maximum Gasteiger partial charge on any atom is 0.408 e. The normalized spacial score (nSPS) is 13.8. The molecule has 1 amide bonds. The Hall–Kier alpha value is -1.04. The molecule has 0 aliphatic carbocycles. The molecule has 0 bridgehead atoms. The standard InChI is InChI=1S/C16H22INO2/c1-11(13-6-8-14(17)9-7-13)10-12(2)18-15(19)20-16(3,4)5/h6-10,12H,1-5H3,(H,18,19)/b11-10+/t12-/m0/s1. The van der Waals surface area contributed by atoms with Crippen LogP contribution < -0.4 is 5.32 Å². The van der Waals surface area contributed by atoms with Gasteiger partial charge in [-0.05, 0) is 80.5 Å². The third-order valence-corrected chi connectivity index (χ3v) is 3.26. The molecule has 1 atom stereocenters. The first-order valence-electron chi connectivity index (χ1n) is 6.61. The molecule has 0 fully saturated rings. The van der Waals surface area contributed by atoms with Gasteiger partial charge in [-0.15, -0.1) is 0 Å². The van der Waals surface area contributed by atoms with Crippen LogP contribution in [0.5, 0.6) is 0 Å². The molecule has 20 heavy (non-hydrogen) atoms. The van der Waals surface area contributed by atoms with E-state index in [0.29, 0.717) is 0 Å². The smallest absolute Gasteiger partial charge is 0.408 e. The molecule has 0 radical (unpaired) electrons. The molecule has 4 heteroatoms. The monoisotopic (exact) mass is 387 g/mol. The Morgan fingerprint density at radius 3 is 2.35 bits per heavy atom. The van der Waals surface area contributed by atoms with Gasteiger partial charge in [0.2, 0.25) is 0 Å². The summed E-state index contributed by atoms with van der Waals surface area (Å²) in [5.41, 5.74) is 1.81. The Kier molecular flexibility index (Phi) is 6.05. The second kappa shape index (κ2) is 7.11. The molecular formula is C16H22INO2. The van der Waals surface area contributed by atoms with E-state index in [1.165, 1.54) is 3.57 Å². The van der Waals surface area contributed by atoms with Crippen LogP contribution in [-0.4, -0.2) is 17.7 Å². The van der Waals surface area contributed by atoms with Crippen LogP contribution in [-0.2, 0) is 4.74 Å². The van der Waals surface area contributed by atoms with Crippen LogP contribution in [0.25, 0.3) is 5.57 Å². The van der Waals surface area contributed by atoms with Crippen LogP contribution in [0.3, 0.4) is 0 Å². The highest BCUT2D eigenvalue weighted by Crippen LogP contribution is 2.16. The minimum absolute atomic E-state index is 0.0795. The number of rotatable bonds is 3. The molecule has 0 aromatic heterocycles. The highest BCUT2D eigenvalue weighted by molar-refractivity contribution is 14.1. The third-order valence-electron chi connectivity index (χ3n) is 2.54. The number of hydrogen-bond donors (Lipinski definition) is 1. The van der Waals surface area contributed by atoms with Crippen LogP contribution in [0.1, 0.15) is 40.2 Å². The molecule has 0 heterocycles. The zero-order chi connectivity index (χ0) is 15.3. The van der Waals surface area contributed by atoms with Crippen molar-refractivity contribution < 1.29 is 9.53 Å². The van der Waals surface area contributed by atoms with E-state index < -0.39 is 11.7 Å². The van der Waals surface area contributed by atoms with E-state index in [-0.39, 0.29) is 6.04 Å². The van der Waals surface area contributed by atoms with E-state index in [0.717, 1.165) is 11.1 Å². The summed E-state index contributed by atoms with van der Waals surface area (Å²) in [6, 6.07) is 8.21. The first-order chi connectivity index (χ1) is 9.17. The lowest BCUT2D eigenvalue weighted by atomic mass is 10.1. The Morgan fingerprint density at radius 2 is 1.85 bits per heavy atom. The molecular weight excluding hydrogens is 365 g/mol. The second-order valence-electron chi connectivity index (χ2n) is 5.79. The number of hydrogen-bond acceptors (Lipinski definition) is 2. The van der Waals surface area contributed by atoms with E-state index in [2.05, 4.69) is 52.2 Å². The van der Waals surface area contributed by atoms with E-state index >= 15 is 0 Å². The van der Waals surface area contributed by atoms with Crippen LogP contribution >= 0.6 is 22.6 Å². The van der Waals surface area contributed by atoms with Crippen molar-refractivity contribution in [1.82, 2.24) is 5.32 Å². The zero-order valence-corrected chi connectivity index (χ0v) is 14.8. The predicted octanol–water partition coefficient (Wildman–Crippen LogP) is 4.61. The summed E-state index contributed by atoms with van der Waals surface area (Å²) in [4.78, 5) is 11.7. The van der Waals surface area contributed by atoms with Crippen LogP contribution in [0.2, 0.25) is 0 Å². The van der Waals surface area contributed by atoms with Crippen molar-refractivity contribution in [3.8, 4) is 0 Å². The Labute approximate surface area is 134 Å². The number of nitrogens with one attached hydrogen (secondary N) is 1. The molecule has 1 aromatic carbocycles. The van der Waals surface area contributed by atoms with Gasteiger partial charge < -0.3 is 10.1 Å². The summed E-state index contributed by atoms with van der Waals surface area (Å²) >= 11 is 2.28. The number of amides is 1. The van der Waals surface area contributed by atoms with Crippen molar-refractivity contribution in [3.63, 3.8) is 0 Å². The quantitative estimate of drug-likeness (QED) is 0.770. The third kappa shape index (κ3) is 6.41. The van der Waals surface area contributed by atoms with E-state index in [1.807, 2.05) is 40.7 Å². The maximum atomic E-state index is 11.7. The fourth-order valence-corrected chi connectivity index (χ4v) is 2.08. The second-order valence-corrected chi connectivity index (χ2v) is 7.04. The van der Waals surface area contributed by atoms with Gasteiger partial charge in [0.1, 0.15) is 5.60 Å². The van der Waals surface area contributed by atoms with Crippen molar-refractivity contribution in [3.05, 3.63) is 39.5 Å². The number of halogens is 1. The molecule has 0 aliphatic rings. The first kappa shape index (κ1) is 17.0. The van der Waals surface area contributed by atoms with E-state index in [4.69, 9.17) is 4.74 Å². The Balaban J connectivity index is 2.64. The van der Waals surface area contributed by atoms with Gasteiger partial charge in [0.25, 0.3) is 0 Å². The summed E-state index contributed by atoms with van der Waals surface area (Å²) in [5.74, 6) is 0. The molecule has 110 valence electrons. The molecule has 1 N–H and O–H groups in total. The molecule has 1 rings (SSSR count). The number of ether oxygens (including phenoxy) is 1. The van der Waals surface area contributed by atoms with Crippen molar-refractivity contribution >= 4 is 34.3 Å². The van der Waals surface area contributed by atoms with Gasteiger partial charge >= 0.3 is 6.09 Å². The summed E-state index contributed by atoms with van der Waals surface area (Å²) in [7, 11) is 0. The fraction of sp³-hybridized carbons (Fsp3) is 0.438. The van der Waals surface area contributed by atoms with Crippen LogP contribution in [0.15, 0.2) is 30.3 Å². The number of benzene rings is 1. The maximum absolute atomic E-state index is 11.7. The van der Waals surface area contributed by atoms with Gasteiger partial charge in [-0.2, -0.15) is 0 Å². The fourth-order valence-electron chi connectivity index (χ4n) is 1.72. The number of carbonyl (C=O) groups is 1. The Bertz CT molecular complexity index is 486. The van der Waals surface area contributed by atoms with E-state index in [1.54, 1.807) is 0 Å². The molecule has 0 spiro atoms. The summed E-state index contributed by atoms with van der Waals surface area (Å²) in [5, 5.41) is 2.81. The lowest BCUT2D eigenvalue weighted by Gasteiger charge is -2.21. The minimum atomic E-state index is -0.474. The highest BCUT2D eigenvalue weighted by atomic mass is 127. The van der Waals surface area contributed by atoms with Gasteiger partial charge in [-0.1, -0.05) is 18.2 Å². The van der Waals surface area contributed by atoms with Crippen molar-refractivity contribution in [1.29, 1.82) is 0 Å². The molecule has 0 saturated carbocycles. The molecule has 0 unspecified atom stereocenters. The van der Waals surface area contributed by atoms with Crippen molar-refractivity contribution in [2.75, 3.05) is 0 Å². The number of carbonyl (C=O) groups excluding carboxylic acids is 1. The Morgan fingerprint density at radius 1 is 1.30 bits per heavy atom. The number of allylic oxidation sites excluding steroid dienone is 1. The van der Waals surface area contributed by atoms with Gasteiger partial charge in [0.05, 0.1) is 0 Å². The van der Waals surface area contributed by atoms with Gasteiger partial charge in [0, 0.05) is 9.61 Å². The van der Waals surface area contributed by atoms with Gasteiger partial charge in [0.15, 0.2) is 0 Å². The topological polar surface area (TPSA) is 38.3 Å². The highest BCUT2D eigenvalue weighted by Gasteiger charge is 2.16. The van der Waals surface area contributed by atoms with Crippen LogP contribution in [0.4, 0.5) is 4.79 Å². The average molecular weight is 387 g/mol. The first-order valence-corrected chi connectivity index (χ1v) is 7.69. The van der Waals surface area contributed by atoms with Gasteiger partial charge in [-0.3, -0.25) is 0 Å². The lowest BCUT2D eigenvalue weighted by molar-refractivity contribution is 0.0518. The number of alkyl carbamates (subject to hydrolysis) is 1. The average Bonchev–Trinajstić information content (AvgIpc) is 2.26. The molecule has 1 aromatic rings.